The third kappa shape index (κ3) is 3.97. The first-order chi connectivity index (χ1) is 8.30. The van der Waals surface area contributed by atoms with Crippen LogP contribution in [-0.2, 0) is 19.4 Å². The Balaban J connectivity index is 1.86. The smallest absolute Gasteiger partial charge is 0.303 e. The average molecular weight is 275 g/mol. The maximum atomic E-state index is 11.8. The van der Waals surface area contributed by atoms with Crippen molar-refractivity contribution in [1.82, 2.24) is 5.32 Å². The van der Waals surface area contributed by atoms with Gasteiger partial charge in [0.2, 0.25) is 5.91 Å². The molecule has 2 saturated carbocycles. The number of carboxylic acids is 1. The molecule has 0 aromatic rings. The first kappa shape index (κ1) is 13.3. The molecule has 6 nitrogen and oxygen atoms in total. The van der Waals surface area contributed by atoms with Crippen molar-refractivity contribution in [1.29, 1.82) is 0 Å². The summed E-state index contributed by atoms with van der Waals surface area (Å²) in [4.78, 5) is 22.1. The minimum atomic E-state index is -3.51. The highest BCUT2D eigenvalue weighted by Gasteiger charge is 2.48. The normalized spacial score (nSPS) is 21.3. The molecule has 0 atom stereocenters. The summed E-state index contributed by atoms with van der Waals surface area (Å²) in [6, 6.07) is 0.140. The molecule has 2 N–H and O–H groups in total. The van der Waals surface area contributed by atoms with Crippen molar-refractivity contribution < 1.29 is 23.1 Å². The highest BCUT2D eigenvalue weighted by Crippen LogP contribution is 2.49. The van der Waals surface area contributed by atoms with Crippen LogP contribution in [0, 0.1) is 5.41 Å². The number of carbonyl (C=O) groups is 2. The van der Waals surface area contributed by atoms with E-state index < -0.39 is 32.9 Å². The van der Waals surface area contributed by atoms with E-state index in [2.05, 4.69) is 5.32 Å². The molecule has 18 heavy (non-hydrogen) atoms. The lowest BCUT2D eigenvalue weighted by molar-refractivity contribution is -0.138. The molecule has 0 radical (unpaired) electrons. The summed E-state index contributed by atoms with van der Waals surface area (Å²) in [5.74, 6) is -2.16. The minimum absolute atomic E-state index is 0.128. The monoisotopic (exact) mass is 275 g/mol. The van der Waals surface area contributed by atoms with Gasteiger partial charge in [-0.05, 0) is 31.1 Å². The third-order valence-electron chi connectivity index (χ3n) is 3.30. The summed E-state index contributed by atoms with van der Waals surface area (Å²) in [7, 11) is -3.51. The fourth-order valence-corrected chi connectivity index (χ4v) is 3.99. The number of hydrogen-bond donors (Lipinski definition) is 2. The Kier molecular flexibility index (Phi) is 3.35. The molecule has 2 rings (SSSR count). The van der Waals surface area contributed by atoms with Gasteiger partial charge in [-0.1, -0.05) is 0 Å². The summed E-state index contributed by atoms with van der Waals surface area (Å²) < 4.78 is 23.7. The zero-order valence-corrected chi connectivity index (χ0v) is 10.8. The average Bonchev–Trinajstić information content (AvgIpc) is 3.02. The second-order valence-corrected chi connectivity index (χ2v) is 7.51. The van der Waals surface area contributed by atoms with E-state index in [9.17, 15) is 18.0 Å². The molecule has 0 aliphatic heterocycles. The zero-order chi connectivity index (χ0) is 13.4. The lowest BCUT2D eigenvalue weighted by Gasteiger charge is -2.12. The SMILES string of the molecule is O=C(O)CC1(CS(=O)(=O)CC(=O)NC2CC2)CC1. The quantitative estimate of drug-likeness (QED) is 0.677. The van der Waals surface area contributed by atoms with Gasteiger partial charge >= 0.3 is 5.97 Å². The zero-order valence-electron chi connectivity index (χ0n) is 10.0. The van der Waals surface area contributed by atoms with Gasteiger partial charge in [0.05, 0.1) is 12.2 Å². The van der Waals surface area contributed by atoms with Gasteiger partial charge in [-0.15, -0.1) is 0 Å². The maximum Gasteiger partial charge on any atom is 0.303 e. The van der Waals surface area contributed by atoms with Gasteiger partial charge < -0.3 is 10.4 Å². The van der Waals surface area contributed by atoms with Gasteiger partial charge in [0.1, 0.15) is 5.75 Å². The van der Waals surface area contributed by atoms with Crippen molar-refractivity contribution in [3.63, 3.8) is 0 Å². The molecule has 0 saturated heterocycles. The predicted molar refractivity (Wildman–Crippen MR) is 63.7 cm³/mol. The van der Waals surface area contributed by atoms with E-state index in [0.717, 1.165) is 12.8 Å². The summed E-state index contributed by atoms with van der Waals surface area (Å²) in [6.45, 7) is 0. The second-order valence-electron chi connectivity index (χ2n) is 5.44. The maximum absolute atomic E-state index is 11.8. The van der Waals surface area contributed by atoms with E-state index in [0.29, 0.717) is 12.8 Å². The summed E-state index contributed by atoms with van der Waals surface area (Å²) in [5.41, 5.74) is -0.621. The van der Waals surface area contributed by atoms with Crippen molar-refractivity contribution in [2.75, 3.05) is 11.5 Å². The summed E-state index contributed by atoms with van der Waals surface area (Å²) in [6.07, 6.45) is 2.92. The Morgan fingerprint density at radius 2 is 1.89 bits per heavy atom. The predicted octanol–water partition coefficient (Wildman–Crippen LogP) is -0.0653. The standard InChI is InChI=1S/C11H17NO5S/c13-9(12-8-1-2-8)6-18(16,17)7-11(3-4-11)5-10(14)15/h8H,1-7H2,(H,12,13)(H,14,15). The molecule has 102 valence electrons. The van der Waals surface area contributed by atoms with Crippen LogP contribution in [0.4, 0.5) is 0 Å². The first-order valence-electron chi connectivity index (χ1n) is 6.02. The van der Waals surface area contributed by atoms with Crippen molar-refractivity contribution >= 4 is 21.7 Å². The number of nitrogens with one attached hydrogen (secondary N) is 1. The molecule has 2 fully saturated rings. The van der Waals surface area contributed by atoms with E-state index in [1.54, 1.807) is 0 Å². The first-order valence-corrected chi connectivity index (χ1v) is 7.84. The molecule has 0 aromatic carbocycles. The van der Waals surface area contributed by atoms with Crippen LogP contribution < -0.4 is 5.32 Å². The minimum Gasteiger partial charge on any atom is -0.481 e. The Labute approximate surface area is 106 Å². The topological polar surface area (TPSA) is 101 Å². The number of rotatable bonds is 7. The number of hydrogen-bond acceptors (Lipinski definition) is 4. The summed E-state index contributed by atoms with van der Waals surface area (Å²) >= 11 is 0. The van der Waals surface area contributed by atoms with Gasteiger partial charge in [0, 0.05) is 6.04 Å². The van der Waals surface area contributed by atoms with Crippen LogP contribution in [0.5, 0.6) is 0 Å². The highest BCUT2D eigenvalue weighted by molar-refractivity contribution is 7.92. The molecule has 7 heteroatoms. The van der Waals surface area contributed by atoms with Crippen molar-refractivity contribution in [2.24, 2.45) is 5.41 Å². The number of amides is 1. The summed E-state index contributed by atoms with van der Waals surface area (Å²) in [5, 5.41) is 11.3. The molecule has 0 aromatic heterocycles. The van der Waals surface area contributed by atoms with Gasteiger partial charge in [0.15, 0.2) is 9.84 Å². The molecule has 0 spiro atoms. The molecule has 0 unspecified atom stereocenters. The van der Waals surface area contributed by atoms with E-state index in [1.165, 1.54) is 0 Å². The van der Waals surface area contributed by atoms with Crippen molar-refractivity contribution in [3.05, 3.63) is 0 Å². The lowest BCUT2D eigenvalue weighted by Crippen LogP contribution is -2.34. The number of carbonyl (C=O) groups excluding carboxylic acids is 1. The third-order valence-corrected chi connectivity index (χ3v) is 5.06. The molecular formula is C11H17NO5S. The van der Waals surface area contributed by atoms with Crippen LogP contribution >= 0.6 is 0 Å². The van der Waals surface area contributed by atoms with Crippen LogP contribution in [0.3, 0.4) is 0 Å². The van der Waals surface area contributed by atoms with E-state index in [4.69, 9.17) is 5.11 Å². The van der Waals surface area contributed by atoms with E-state index >= 15 is 0 Å². The van der Waals surface area contributed by atoms with E-state index in [-0.39, 0.29) is 18.2 Å². The largest absolute Gasteiger partial charge is 0.481 e. The van der Waals surface area contributed by atoms with Gasteiger partial charge in [0.25, 0.3) is 0 Å². The fourth-order valence-electron chi connectivity index (χ4n) is 2.08. The molecule has 1 amide bonds. The fraction of sp³-hybridized carbons (Fsp3) is 0.818. The van der Waals surface area contributed by atoms with Crippen LogP contribution in [0.15, 0.2) is 0 Å². The van der Waals surface area contributed by atoms with Gasteiger partial charge in [-0.25, -0.2) is 8.42 Å². The number of sulfone groups is 1. The van der Waals surface area contributed by atoms with Crippen LogP contribution in [0.1, 0.15) is 32.1 Å². The Morgan fingerprint density at radius 1 is 1.28 bits per heavy atom. The molecule has 2 aliphatic carbocycles. The number of carboxylic acid groups (broad SMARTS) is 1. The van der Waals surface area contributed by atoms with Crippen molar-refractivity contribution in [2.45, 2.75) is 38.1 Å². The van der Waals surface area contributed by atoms with Gasteiger partial charge in [-0.2, -0.15) is 0 Å². The Morgan fingerprint density at radius 3 is 2.33 bits per heavy atom. The Hall–Kier alpha value is -1.11. The lowest BCUT2D eigenvalue weighted by atomic mass is 10.1. The van der Waals surface area contributed by atoms with E-state index in [1.807, 2.05) is 0 Å². The molecule has 0 bridgehead atoms. The van der Waals surface area contributed by atoms with Crippen LogP contribution in [0.25, 0.3) is 0 Å². The molecular weight excluding hydrogens is 258 g/mol. The molecule has 0 heterocycles. The van der Waals surface area contributed by atoms with Crippen LogP contribution in [0.2, 0.25) is 0 Å². The van der Waals surface area contributed by atoms with Gasteiger partial charge in [-0.3, -0.25) is 9.59 Å². The number of aliphatic carboxylic acids is 1. The molecule has 2 aliphatic rings. The van der Waals surface area contributed by atoms with Crippen molar-refractivity contribution in [3.8, 4) is 0 Å². The van der Waals surface area contributed by atoms with Crippen LogP contribution in [-0.4, -0.2) is 42.9 Å². The second kappa shape index (κ2) is 4.53. The Bertz CT molecular complexity index is 462. The highest BCUT2D eigenvalue weighted by atomic mass is 32.2.